The van der Waals surface area contributed by atoms with Crippen LogP contribution in [0.2, 0.25) is 5.02 Å². The Bertz CT molecular complexity index is 1110. The maximum atomic E-state index is 5.99. The van der Waals surface area contributed by atoms with Crippen molar-refractivity contribution in [1.82, 2.24) is 20.4 Å². The van der Waals surface area contributed by atoms with Crippen LogP contribution in [0.25, 0.3) is 17.0 Å². The molecule has 1 N–H and O–H groups in total. The number of hydrogen-bond donors (Lipinski definition) is 1. The Kier molecular flexibility index (Phi) is 5.74. The van der Waals surface area contributed by atoms with E-state index in [1.54, 1.807) is 19.2 Å². The van der Waals surface area contributed by atoms with Gasteiger partial charge < -0.3 is 19.5 Å². The van der Waals surface area contributed by atoms with Gasteiger partial charge in [-0.15, -0.1) is 0 Å². The number of allylic oxidation sites excluding steroid dienone is 1. The average molecular weight is 441 g/mol. The molecule has 0 bridgehead atoms. The number of ether oxygens (including phenoxy) is 1. The van der Waals surface area contributed by atoms with Crippen LogP contribution in [0.3, 0.4) is 0 Å². The highest BCUT2D eigenvalue weighted by Crippen LogP contribution is 2.38. The van der Waals surface area contributed by atoms with Crippen molar-refractivity contribution in [2.24, 2.45) is 0 Å². The fourth-order valence-corrected chi connectivity index (χ4v) is 4.07. The van der Waals surface area contributed by atoms with Gasteiger partial charge in [-0.05, 0) is 68.0 Å². The SMILES string of the molecule is CCN1C(=S)NC(c2cccc(OC)c2)C(c2nc(-c3ccc(Cl)cc3)no2)=C1C. The van der Waals surface area contributed by atoms with E-state index >= 15 is 0 Å². The van der Waals surface area contributed by atoms with Gasteiger partial charge in [-0.1, -0.05) is 28.9 Å². The molecule has 1 aliphatic heterocycles. The fourth-order valence-electron chi connectivity index (χ4n) is 3.56. The van der Waals surface area contributed by atoms with Gasteiger partial charge in [-0.25, -0.2) is 0 Å². The number of nitrogens with one attached hydrogen (secondary N) is 1. The molecule has 0 spiro atoms. The van der Waals surface area contributed by atoms with Crippen molar-refractivity contribution >= 4 is 34.5 Å². The van der Waals surface area contributed by atoms with Crippen molar-refractivity contribution in [2.45, 2.75) is 19.9 Å². The van der Waals surface area contributed by atoms with Crippen molar-refractivity contribution in [3.8, 4) is 17.1 Å². The summed E-state index contributed by atoms with van der Waals surface area (Å²) in [6.45, 7) is 4.80. The predicted molar refractivity (Wildman–Crippen MR) is 121 cm³/mol. The third-order valence-corrected chi connectivity index (χ3v) is 5.69. The Balaban J connectivity index is 1.81. The number of thiocarbonyl (C=S) groups is 1. The van der Waals surface area contributed by atoms with Crippen LogP contribution >= 0.6 is 23.8 Å². The molecule has 0 amide bonds. The molecule has 8 heteroatoms. The van der Waals surface area contributed by atoms with Gasteiger partial charge in [-0.2, -0.15) is 4.98 Å². The topological polar surface area (TPSA) is 63.4 Å². The Hall–Kier alpha value is -2.90. The number of nitrogens with zero attached hydrogens (tertiary/aromatic N) is 3. The molecule has 0 saturated carbocycles. The van der Waals surface area contributed by atoms with Crippen LogP contribution in [0.1, 0.15) is 31.3 Å². The fraction of sp³-hybridized carbons (Fsp3) is 0.227. The molecule has 2 heterocycles. The minimum atomic E-state index is -0.242. The lowest BCUT2D eigenvalue weighted by Gasteiger charge is -2.36. The van der Waals surface area contributed by atoms with E-state index in [1.165, 1.54) is 0 Å². The van der Waals surface area contributed by atoms with Crippen LogP contribution in [0.5, 0.6) is 5.75 Å². The van der Waals surface area contributed by atoms with Crippen LogP contribution < -0.4 is 10.1 Å². The van der Waals surface area contributed by atoms with Crippen LogP contribution in [0.4, 0.5) is 0 Å². The van der Waals surface area contributed by atoms with E-state index < -0.39 is 0 Å². The molecule has 154 valence electrons. The molecule has 30 heavy (non-hydrogen) atoms. The highest BCUT2D eigenvalue weighted by molar-refractivity contribution is 7.80. The molecular weight excluding hydrogens is 420 g/mol. The predicted octanol–water partition coefficient (Wildman–Crippen LogP) is 5.08. The number of hydrogen-bond acceptors (Lipinski definition) is 5. The van der Waals surface area contributed by atoms with Crippen LogP contribution in [-0.4, -0.2) is 33.8 Å². The van der Waals surface area contributed by atoms with Gasteiger partial charge in [-0.3, -0.25) is 0 Å². The van der Waals surface area contributed by atoms with Crippen molar-refractivity contribution in [1.29, 1.82) is 0 Å². The summed E-state index contributed by atoms with van der Waals surface area (Å²) in [6, 6.07) is 14.9. The number of methoxy groups -OCH3 is 1. The summed E-state index contributed by atoms with van der Waals surface area (Å²) in [5, 5.41) is 8.92. The van der Waals surface area contributed by atoms with E-state index in [0.29, 0.717) is 21.9 Å². The average Bonchev–Trinajstić information content (AvgIpc) is 3.24. The molecule has 3 aromatic rings. The van der Waals surface area contributed by atoms with Gasteiger partial charge in [0.15, 0.2) is 5.11 Å². The number of halogens is 1. The maximum Gasteiger partial charge on any atom is 0.258 e. The number of rotatable bonds is 5. The quantitative estimate of drug-likeness (QED) is 0.555. The summed E-state index contributed by atoms with van der Waals surface area (Å²) in [6.07, 6.45) is 0. The normalized spacial score (nSPS) is 16.6. The molecule has 1 unspecified atom stereocenters. The lowest BCUT2D eigenvalue weighted by Crippen LogP contribution is -2.45. The molecule has 6 nitrogen and oxygen atoms in total. The number of aromatic nitrogens is 2. The molecule has 0 saturated heterocycles. The summed E-state index contributed by atoms with van der Waals surface area (Å²) < 4.78 is 11.1. The Morgan fingerprint density at radius 1 is 1.23 bits per heavy atom. The minimum absolute atomic E-state index is 0.242. The second-order valence-electron chi connectivity index (χ2n) is 6.83. The standard InChI is InChI=1S/C22H21ClN4O2S/c1-4-27-13(2)18(19(24-22(27)30)15-6-5-7-17(12-15)28-3)21-25-20(26-29-21)14-8-10-16(23)11-9-14/h5-12,19H,4H2,1-3H3,(H,24,30). The van der Waals surface area contributed by atoms with Crippen molar-refractivity contribution in [2.75, 3.05) is 13.7 Å². The zero-order valence-electron chi connectivity index (χ0n) is 16.8. The first kappa shape index (κ1) is 20.4. The third kappa shape index (κ3) is 3.78. The van der Waals surface area contributed by atoms with E-state index in [9.17, 15) is 0 Å². The van der Waals surface area contributed by atoms with Gasteiger partial charge in [0.05, 0.1) is 18.7 Å². The first-order valence-corrected chi connectivity index (χ1v) is 10.3. The number of benzene rings is 2. The highest BCUT2D eigenvalue weighted by Gasteiger charge is 2.33. The largest absolute Gasteiger partial charge is 0.497 e. The summed E-state index contributed by atoms with van der Waals surface area (Å²) in [4.78, 5) is 6.70. The first-order chi connectivity index (χ1) is 14.5. The molecule has 1 aliphatic rings. The van der Waals surface area contributed by atoms with Gasteiger partial charge in [0.2, 0.25) is 5.82 Å². The van der Waals surface area contributed by atoms with E-state index in [0.717, 1.165) is 34.7 Å². The maximum absolute atomic E-state index is 5.99. The molecule has 2 aromatic carbocycles. The Labute approximate surface area is 185 Å². The minimum Gasteiger partial charge on any atom is -0.497 e. The van der Waals surface area contributed by atoms with E-state index in [4.69, 9.17) is 33.1 Å². The zero-order valence-corrected chi connectivity index (χ0v) is 18.4. The van der Waals surface area contributed by atoms with Crippen molar-refractivity contribution in [3.05, 3.63) is 70.7 Å². The summed E-state index contributed by atoms with van der Waals surface area (Å²) >= 11 is 11.6. The zero-order chi connectivity index (χ0) is 21.3. The Morgan fingerprint density at radius 3 is 2.70 bits per heavy atom. The van der Waals surface area contributed by atoms with Crippen molar-refractivity contribution in [3.63, 3.8) is 0 Å². The molecule has 0 aliphatic carbocycles. The van der Waals surface area contributed by atoms with Gasteiger partial charge >= 0.3 is 0 Å². The van der Waals surface area contributed by atoms with E-state index in [2.05, 4.69) is 15.5 Å². The van der Waals surface area contributed by atoms with E-state index in [-0.39, 0.29) is 6.04 Å². The molecule has 4 rings (SSSR count). The lowest BCUT2D eigenvalue weighted by molar-refractivity contribution is 0.397. The molecule has 0 radical (unpaired) electrons. The van der Waals surface area contributed by atoms with Crippen LogP contribution in [0, 0.1) is 0 Å². The monoisotopic (exact) mass is 440 g/mol. The molecule has 1 aromatic heterocycles. The summed E-state index contributed by atoms with van der Waals surface area (Å²) in [5.74, 6) is 1.71. The second kappa shape index (κ2) is 8.45. The highest BCUT2D eigenvalue weighted by atomic mass is 35.5. The van der Waals surface area contributed by atoms with E-state index in [1.807, 2.05) is 55.1 Å². The lowest BCUT2D eigenvalue weighted by atomic mass is 9.94. The first-order valence-electron chi connectivity index (χ1n) is 9.54. The molecule has 1 atom stereocenters. The molecule has 0 fully saturated rings. The summed E-state index contributed by atoms with van der Waals surface area (Å²) in [7, 11) is 1.65. The second-order valence-corrected chi connectivity index (χ2v) is 7.66. The van der Waals surface area contributed by atoms with Crippen LogP contribution in [-0.2, 0) is 0 Å². The smallest absolute Gasteiger partial charge is 0.258 e. The summed E-state index contributed by atoms with van der Waals surface area (Å²) in [5.41, 5.74) is 3.68. The molecular formula is C22H21ClN4O2S. The van der Waals surface area contributed by atoms with Crippen LogP contribution in [0.15, 0.2) is 58.8 Å². The third-order valence-electron chi connectivity index (χ3n) is 5.10. The Morgan fingerprint density at radius 2 is 2.00 bits per heavy atom. The van der Waals surface area contributed by atoms with Gasteiger partial charge in [0, 0.05) is 22.8 Å². The van der Waals surface area contributed by atoms with Gasteiger partial charge in [0.1, 0.15) is 5.75 Å². The van der Waals surface area contributed by atoms with Gasteiger partial charge in [0.25, 0.3) is 5.89 Å². The van der Waals surface area contributed by atoms with Crippen molar-refractivity contribution < 1.29 is 9.26 Å².